The van der Waals surface area contributed by atoms with E-state index in [4.69, 9.17) is 5.26 Å². The van der Waals surface area contributed by atoms with Crippen LogP contribution >= 0.6 is 23.5 Å². The topological polar surface area (TPSA) is 52.9 Å². The Kier molecular flexibility index (Phi) is 3.19. The number of nitrogens with zero attached hydrogens (tertiary/aromatic N) is 1. The monoisotopic (exact) mass is 236 g/mol. The number of nitriles is 1. The zero-order chi connectivity index (χ0) is 10.7. The Morgan fingerprint density at radius 2 is 2.47 bits per heavy atom. The predicted molar refractivity (Wildman–Crippen MR) is 62.1 cm³/mol. The van der Waals surface area contributed by atoms with Gasteiger partial charge in [-0.3, -0.25) is 4.79 Å². The molecule has 0 saturated carbocycles. The highest BCUT2D eigenvalue weighted by molar-refractivity contribution is 8.00. The van der Waals surface area contributed by atoms with Crippen LogP contribution in [0.5, 0.6) is 0 Å². The third-order valence-corrected chi connectivity index (χ3v) is 3.82. The SMILES string of the molecule is N#CCSc1ccc2c(c1)NC(=O)CS2. The Morgan fingerprint density at radius 3 is 3.27 bits per heavy atom. The number of fused-ring (bicyclic) bond motifs is 1. The second-order valence-corrected chi connectivity index (χ2v) is 5.01. The number of hydrogen-bond donors (Lipinski definition) is 1. The number of rotatable bonds is 2. The van der Waals surface area contributed by atoms with Gasteiger partial charge in [-0.25, -0.2) is 0 Å². The van der Waals surface area contributed by atoms with E-state index in [-0.39, 0.29) is 5.91 Å². The molecule has 1 aromatic carbocycles. The number of nitrogens with one attached hydrogen (secondary N) is 1. The fraction of sp³-hybridized carbons (Fsp3) is 0.200. The van der Waals surface area contributed by atoms with Gasteiger partial charge in [0.05, 0.1) is 23.3 Å². The van der Waals surface area contributed by atoms with Crippen molar-refractivity contribution >= 4 is 35.1 Å². The van der Waals surface area contributed by atoms with Gasteiger partial charge in [-0.1, -0.05) is 0 Å². The van der Waals surface area contributed by atoms with E-state index in [9.17, 15) is 4.79 Å². The van der Waals surface area contributed by atoms with Crippen molar-refractivity contribution in [2.24, 2.45) is 0 Å². The van der Waals surface area contributed by atoms with Gasteiger partial charge in [-0.15, -0.1) is 23.5 Å². The molecule has 3 nitrogen and oxygen atoms in total. The highest BCUT2D eigenvalue weighted by Crippen LogP contribution is 2.34. The molecule has 0 saturated heterocycles. The molecular formula is C10H8N2OS2. The van der Waals surface area contributed by atoms with Gasteiger partial charge in [-0.05, 0) is 18.2 Å². The summed E-state index contributed by atoms with van der Waals surface area (Å²) >= 11 is 3.02. The van der Waals surface area contributed by atoms with Gasteiger partial charge in [0, 0.05) is 9.79 Å². The highest BCUT2D eigenvalue weighted by Gasteiger charge is 2.15. The minimum atomic E-state index is 0.0370. The van der Waals surface area contributed by atoms with Gasteiger partial charge in [0.2, 0.25) is 5.91 Å². The molecular weight excluding hydrogens is 228 g/mol. The zero-order valence-electron chi connectivity index (χ0n) is 7.82. The summed E-state index contributed by atoms with van der Waals surface area (Å²) in [4.78, 5) is 13.3. The van der Waals surface area contributed by atoms with Crippen molar-refractivity contribution < 1.29 is 4.79 Å². The van der Waals surface area contributed by atoms with Crippen LogP contribution in [0.3, 0.4) is 0 Å². The predicted octanol–water partition coefficient (Wildman–Crippen LogP) is 2.35. The summed E-state index contributed by atoms with van der Waals surface area (Å²) < 4.78 is 0. The number of carbonyl (C=O) groups is 1. The van der Waals surface area contributed by atoms with Crippen LogP contribution in [0.2, 0.25) is 0 Å². The Labute approximate surface area is 96.2 Å². The lowest BCUT2D eigenvalue weighted by Crippen LogP contribution is -2.18. The Hall–Kier alpha value is -1.12. The second-order valence-electron chi connectivity index (χ2n) is 2.94. The van der Waals surface area contributed by atoms with Gasteiger partial charge < -0.3 is 5.32 Å². The summed E-state index contributed by atoms with van der Waals surface area (Å²) in [7, 11) is 0. The number of anilines is 1. The molecule has 1 aromatic rings. The van der Waals surface area contributed by atoms with Crippen LogP contribution in [0.4, 0.5) is 5.69 Å². The zero-order valence-corrected chi connectivity index (χ0v) is 9.45. The molecule has 0 aromatic heterocycles. The summed E-state index contributed by atoms with van der Waals surface area (Å²) in [5.74, 6) is 0.951. The van der Waals surface area contributed by atoms with Crippen molar-refractivity contribution in [1.29, 1.82) is 5.26 Å². The molecule has 0 bridgehead atoms. The van der Waals surface area contributed by atoms with Crippen LogP contribution in [-0.4, -0.2) is 17.4 Å². The fourth-order valence-electron chi connectivity index (χ4n) is 1.27. The maximum atomic E-state index is 11.2. The molecule has 76 valence electrons. The van der Waals surface area contributed by atoms with Crippen molar-refractivity contribution in [3.05, 3.63) is 18.2 Å². The second kappa shape index (κ2) is 4.60. The smallest absolute Gasteiger partial charge is 0.234 e. The third-order valence-electron chi connectivity index (χ3n) is 1.89. The Morgan fingerprint density at radius 1 is 1.60 bits per heavy atom. The number of hydrogen-bond acceptors (Lipinski definition) is 4. The number of amides is 1. The highest BCUT2D eigenvalue weighted by atomic mass is 32.2. The summed E-state index contributed by atoms with van der Waals surface area (Å²) in [6.45, 7) is 0. The molecule has 1 amide bonds. The van der Waals surface area contributed by atoms with Crippen molar-refractivity contribution in [2.75, 3.05) is 16.8 Å². The largest absolute Gasteiger partial charge is 0.324 e. The van der Waals surface area contributed by atoms with E-state index in [2.05, 4.69) is 11.4 Å². The first-order chi connectivity index (χ1) is 7.29. The van der Waals surface area contributed by atoms with Crippen LogP contribution < -0.4 is 5.32 Å². The maximum absolute atomic E-state index is 11.2. The molecule has 0 fully saturated rings. The minimum absolute atomic E-state index is 0.0370. The van der Waals surface area contributed by atoms with E-state index in [1.807, 2.05) is 18.2 Å². The average Bonchev–Trinajstić information content (AvgIpc) is 2.25. The molecule has 0 aliphatic carbocycles. The van der Waals surface area contributed by atoms with Gasteiger partial charge in [0.15, 0.2) is 0 Å². The van der Waals surface area contributed by atoms with Crippen molar-refractivity contribution in [1.82, 2.24) is 0 Å². The molecule has 15 heavy (non-hydrogen) atoms. The van der Waals surface area contributed by atoms with E-state index in [0.29, 0.717) is 11.5 Å². The molecule has 0 spiro atoms. The lowest BCUT2D eigenvalue weighted by Gasteiger charge is -2.16. The first-order valence-electron chi connectivity index (χ1n) is 4.36. The van der Waals surface area contributed by atoms with E-state index < -0.39 is 0 Å². The van der Waals surface area contributed by atoms with E-state index >= 15 is 0 Å². The molecule has 1 N–H and O–H groups in total. The van der Waals surface area contributed by atoms with E-state index in [0.717, 1.165) is 15.5 Å². The van der Waals surface area contributed by atoms with E-state index in [1.54, 1.807) is 11.8 Å². The number of carbonyl (C=O) groups excluding carboxylic acids is 1. The first-order valence-corrected chi connectivity index (χ1v) is 6.33. The molecule has 1 heterocycles. The average molecular weight is 236 g/mol. The standard InChI is InChI=1S/C10H8N2OS2/c11-3-4-14-7-1-2-9-8(5-7)12-10(13)6-15-9/h1-2,5H,4,6H2,(H,12,13). The molecule has 5 heteroatoms. The molecule has 0 unspecified atom stereocenters. The van der Waals surface area contributed by atoms with E-state index in [1.165, 1.54) is 11.8 Å². The molecule has 1 aliphatic rings. The van der Waals surface area contributed by atoms with Crippen LogP contribution in [0.15, 0.2) is 28.0 Å². The van der Waals surface area contributed by atoms with Gasteiger partial charge in [0.25, 0.3) is 0 Å². The summed E-state index contributed by atoms with van der Waals surface area (Å²) in [6, 6.07) is 7.96. The molecule has 0 radical (unpaired) electrons. The molecule has 1 aliphatic heterocycles. The third kappa shape index (κ3) is 2.46. The lowest BCUT2D eigenvalue weighted by atomic mass is 10.3. The Bertz CT molecular complexity index is 440. The van der Waals surface area contributed by atoms with Crippen LogP contribution in [0, 0.1) is 11.3 Å². The normalized spacial score (nSPS) is 13.9. The summed E-state index contributed by atoms with van der Waals surface area (Å²) in [5.41, 5.74) is 0.860. The van der Waals surface area contributed by atoms with Gasteiger partial charge in [-0.2, -0.15) is 5.26 Å². The Balaban J connectivity index is 2.21. The van der Waals surface area contributed by atoms with Crippen molar-refractivity contribution in [3.63, 3.8) is 0 Å². The van der Waals surface area contributed by atoms with Crippen LogP contribution in [0.25, 0.3) is 0 Å². The first kappa shape index (κ1) is 10.4. The molecule has 0 atom stereocenters. The quantitative estimate of drug-likeness (QED) is 0.801. The summed E-state index contributed by atoms with van der Waals surface area (Å²) in [6.07, 6.45) is 0. The number of thioether (sulfide) groups is 2. The lowest BCUT2D eigenvalue weighted by molar-refractivity contribution is -0.113. The fourth-order valence-corrected chi connectivity index (χ4v) is 2.65. The van der Waals surface area contributed by atoms with Gasteiger partial charge >= 0.3 is 0 Å². The van der Waals surface area contributed by atoms with Gasteiger partial charge in [0.1, 0.15) is 0 Å². The molecule has 2 rings (SSSR count). The van der Waals surface area contributed by atoms with Crippen molar-refractivity contribution in [2.45, 2.75) is 9.79 Å². The maximum Gasteiger partial charge on any atom is 0.234 e. The van der Waals surface area contributed by atoms with Crippen LogP contribution in [0.1, 0.15) is 0 Å². The number of benzene rings is 1. The summed E-state index contributed by atoms with van der Waals surface area (Å²) in [5, 5.41) is 11.3. The minimum Gasteiger partial charge on any atom is -0.324 e. The van der Waals surface area contributed by atoms with Crippen LogP contribution in [-0.2, 0) is 4.79 Å². The van der Waals surface area contributed by atoms with Crippen molar-refractivity contribution in [3.8, 4) is 6.07 Å².